The molecule has 15 heavy (non-hydrogen) atoms. The molecule has 0 unspecified atom stereocenters. The van der Waals surface area contributed by atoms with Crippen molar-refractivity contribution >= 4 is 0 Å². The summed E-state index contributed by atoms with van der Waals surface area (Å²) in [6.45, 7) is 7.09. The van der Waals surface area contributed by atoms with E-state index in [0.29, 0.717) is 13.2 Å². The van der Waals surface area contributed by atoms with Gasteiger partial charge in [-0.1, -0.05) is 13.0 Å². The van der Waals surface area contributed by atoms with Crippen LogP contribution in [0.3, 0.4) is 0 Å². The van der Waals surface area contributed by atoms with Gasteiger partial charge in [0, 0.05) is 6.42 Å². The highest BCUT2D eigenvalue weighted by Gasteiger charge is 2.57. The van der Waals surface area contributed by atoms with Gasteiger partial charge in [-0.15, -0.1) is 6.58 Å². The zero-order valence-corrected chi connectivity index (χ0v) is 9.37. The molecule has 2 fully saturated rings. The van der Waals surface area contributed by atoms with Gasteiger partial charge in [0.25, 0.3) is 0 Å². The number of hydrogen-bond acceptors (Lipinski definition) is 3. The largest absolute Gasteiger partial charge is 0.392 e. The Morgan fingerprint density at radius 3 is 2.73 bits per heavy atom. The van der Waals surface area contributed by atoms with Gasteiger partial charge in [-0.05, 0) is 19.3 Å². The normalized spacial score (nSPS) is 39.5. The molecule has 3 heteroatoms. The van der Waals surface area contributed by atoms with Crippen molar-refractivity contribution in [3.05, 3.63) is 12.7 Å². The molecule has 2 rings (SSSR count). The molecule has 1 aliphatic heterocycles. The van der Waals surface area contributed by atoms with E-state index in [1.807, 2.05) is 13.0 Å². The lowest BCUT2D eigenvalue weighted by molar-refractivity contribution is -0.277. The number of ether oxygens (including phenoxy) is 2. The maximum atomic E-state index is 10.2. The maximum absolute atomic E-state index is 10.2. The highest BCUT2D eigenvalue weighted by molar-refractivity contribution is 5.03. The van der Waals surface area contributed by atoms with Gasteiger partial charge in [-0.2, -0.15) is 0 Å². The van der Waals surface area contributed by atoms with Crippen LogP contribution in [0, 0.1) is 5.41 Å². The number of hydrogen-bond donors (Lipinski definition) is 1. The summed E-state index contributed by atoms with van der Waals surface area (Å²) in [6.07, 6.45) is 4.90. The smallest absolute Gasteiger partial charge is 0.176 e. The van der Waals surface area contributed by atoms with E-state index in [1.165, 1.54) is 0 Å². The Hall–Kier alpha value is -0.380. The minimum Gasteiger partial charge on any atom is -0.392 e. The highest BCUT2D eigenvalue weighted by Crippen LogP contribution is 2.51. The highest BCUT2D eigenvalue weighted by atomic mass is 16.7. The standard InChI is InChI=1S/C12H20O3/c1-3-6-11(2)10(13)5-4-7-12(11)14-8-9-15-12/h3,10,13H,1,4-9H2,2H3/t10-,11-/m0/s1. The van der Waals surface area contributed by atoms with E-state index in [4.69, 9.17) is 9.47 Å². The Bertz CT molecular complexity index is 245. The Balaban J connectivity index is 2.29. The summed E-state index contributed by atoms with van der Waals surface area (Å²) in [7, 11) is 0. The monoisotopic (exact) mass is 212 g/mol. The van der Waals surface area contributed by atoms with Crippen molar-refractivity contribution in [1.82, 2.24) is 0 Å². The van der Waals surface area contributed by atoms with E-state index in [0.717, 1.165) is 25.7 Å². The summed E-state index contributed by atoms with van der Waals surface area (Å²) in [5.74, 6) is -0.571. The second-order valence-corrected chi connectivity index (χ2v) is 4.77. The van der Waals surface area contributed by atoms with Crippen LogP contribution in [-0.4, -0.2) is 30.2 Å². The summed E-state index contributed by atoms with van der Waals surface area (Å²) in [4.78, 5) is 0. The molecule has 3 nitrogen and oxygen atoms in total. The van der Waals surface area contributed by atoms with Gasteiger partial charge in [0.2, 0.25) is 0 Å². The predicted molar refractivity (Wildman–Crippen MR) is 57.4 cm³/mol. The topological polar surface area (TPSA) is 38.7 Å². The first-order chi connectivity index (χ1) is 7.15. The zero-order chi connectivity index (χ0) is 10.9. The molecule has 1 spiro atoms. The van der Waals surface area contributed by atoms with Gasteiger partial charge in [0.1, 0.15) is 0 Å². The van der Waals surface area contributed by atoms with Gasteiger partial charge in [0.05, 0.1) is 24.7 Å². The van der Waals surface area contributed by atoms with Crippen LogP contribution < -0.4 is 0 Å². The summed E-state index contributed by atoms with van der Waals surface area (Å²) < 4.78 is 11.6. The number of aliphatic hydroxyl groups is 1. The van der Waals surface area contributed by atoms with Crippen LogP contribution in [0.1, 0.15) is 32.6 Å². The fourth-order valence-corrected chi connectivity index (χ4v) is 2.91. The molecule has 0 radical (unpaired) electrons. The first-order valence-electron chi connectivity index (χ1n) is 5.71. The molecule has 1 heterocycles. The molecule has 2 aliphatic rings. The van der Waals surface area contributed by atoms with Gasteiger partial charge >= 0.3 is 0 Å². The summed E-state index contributed by atoms with van der Waals surface area (Å²) in [5.41, 5.74) is -0.344. The fraction of sp³-hybridized carbons (Fsp3) is 0.833. The van der Waals surface area contributed by atoms with Crippen molar-refractivity contribution in [2.24, 2.45) is 5.41 Å². The maximum Gasteiger partial charge on any atom is 0.176 e. The third-order valence-electron chi connectivity index (χ3n) is 3.91. The third kappa shape index (κ3) is 1.53. The van der Waals surface area contributed by atoms with Crippen molar-refractivity contribution < 1.29 is 14.6 Å². The van der Waals surface area contributed by atoms with E-state index in [1.54, 1.807) is 0 Å². The summed E-state index contributed by atoms with van der Waals surface area (Å²) in [5, 5.41) is 10.2. The van der Waals surface area contributed by atoms with Crippen LogP contribution in [-0.2, 0) is 9.47 Å². The molecule has 1 N–H and O–H groups in total. The molecule has 0 aromatic carbocycles. The Kier molecular flexibility index (Phi) is 2.88. The molecule has 0 aromatic rings. The molecule has 86 valence electrons. The summed E-state index contributed by atoms with van der Waals surface area (Å²) in [6, 6.07) is 0. The average Bonchev–Trinajstić information content (AvgIpc) is 2.66. The predicted octanol–water partition coefficient (Wildman–Crippen LogP) is 1.86. The van der Waals surface area contributed by atoms with Crippen LogP contribution in [0.15, 0.2) is 12.7 Å². The first-order valence-corrected chi connectivity index (χ1v) is 5.71. The van der Waals surface area contributed by atoms with Crippen LogP contribution in [0.25, 0.3) is 0 Å². The van der Waals surface area contributed by atoms with Crippen molar-refractivity contribution in [2.45, 2.75) is 44.5 Å². The second kappa shape index (κ2) is 3.89. The number of rotatable bonds is 2. The molecule has 1 aliphatic carbocycles. The number of aliphatic hydroxyl groups excluding tert-OH is 1. The van der Waals surface area contributed by atoms with Crippen molar-refractivity contribution in [2.75, 3.05) is 13.2 Å². The van der Waals surface area contributed by atoms with E-state index in [2.05, 4.69) is 6.58 Å². The minimum absolute atomic E-state index is 0.344. The first kappa shape index (κ1) is 11.1. The molecular formula is C12H20O3. The van der Waals surface area contributed by atoms with Crippen LogP contribution >= 0.6 is 0 Å². The molecule has 1 saturated carbocycles. The van der Waals surface area contributed by atoms with Gasteiger partial charge < -0.3 is 14.6 Å². The SMILES string of the molecule is C=CC[C@@]1(C)[C@@H](O)CCCC12OCCO2. The molecular weight excluding hydrogens is 192 g/mol. The lowest BCUT2D eigenvalue weighted by Gasteiger charge is -2.50. The van der Waals surface area contributed by atoms with Crippen LogP contribution in [0.4, 0.5) is 0 Å². The van der Waals surface area contributed by atoms with Crippen molar-refractivity contribution in [3.8, 4) is 0 Å². The van der Waals surface area contributed by atoms with Gasteiger partial charge in [-0.3, -0.25) is 0 Å². The van der Waals surface area contributed by atoms with Gasteiger partial charge in [-0.25, -0.2) is 0 Å². The molecule has 1 saturated heterocycles. The van der Waals surface area contributed by atoms with E-state index < -0.39 is 5.79 Å². The van der Waals surface area contributed by atoms with E-state index in [9.17, 15) is 5.11 Å². The fourth-order valence-electron chi connectivity index (χ4n) is 2.91. The zero-order valence-electron chi connectivity index (χ0n) is 9.37. The molecule has 0 amide bonds. The van der Waals surface area contributed by atoms with Crippen molar-refractivity contribution in [1.29, 1.82) is 0 Å². The lowest BCUT2D eigenvalue weighted by Crippen LogP contribution is -2.56. The molecule has 0 aromatic heterocycles. The quantitative estimate of drug-likeness (QED) is 0.710. The Labute approximate surface area is 91.1 Å². The average molecular weight is 212 g/mol. The molecule has 2 atom stereocenters. The second-order valence-electron chi connectivity index (χ2n) is 4.77. The van der Waals surface area contributed by atoms with E-state index >= 15 is 0 Å². The van der Waals surface area contributed by atoms with Crippen LogP contribution in [0.5, 0.6) is 0 Å². The van der Waals surface area contributed by atoms with E-state index in [-0.39, 0.29) is 11.5 Å². The van der Waals surface area contributed by atoms with Crippen LogP contribution in [0.2, 0.25) is 0 Å². The Morgan fingerprint density at radius 2 is 2.13 bits per heavy atom. The third-order valence-corrected chi connectivity index (χ3v) is 3.91. The summed E-state index contributed by atoms with van der Waals surface area (Å²) >= 11 is 0. The van der Waals surface area contributed by atoms with Gasteiger partial charge in [0.15, 0.2) is 5.79 Å². The lowest BCUT2D eigenvalue weighted by atomic mass is 9.66. The Morgan fingerprint density at radius 1 is 1.47 bits per heavy atom. The van der Waals surface area contributed by atoms with Crippen molar-refractivity contribution in [3.63, 3.8) is 0 Å². The number of allylic oxidation sites excluding steroid dienone is 1. The molecule has 0 bridgehead atoms. The minimum atomic E-state index is -0.571.